The molecule has 0 heterocycles. The van der Waals surface area contributed by atoms with Crippen LogP contribution in [-0.4, -0.2) is 31.6 Å². The van der Waals surface area contributed by atoms with Crippen LogP contribution < -0.4 is 25.1 Å². The van der Waals surface area contributed by atoms with E-state index in [1.54, 1.807) is 12.1 Å². The van der Waals surface area contributed by atoms with Gasteiger partial charge in [0, 0.05) is 11.5 Å². The number of carbonyl (C=O) groups excluding carboxylic acids is 2. The normalized spacial score (nSPS) is 14.0. The first-order valence-corrected chi connectivity index (χ1v) is 9.27. The number of rotatable bonds is 8. The molecular formula is C19H28N2O5. The molecule has 1 saturated carbocycles. The average Bonchev–Trinajstić information content (AvgIpc) is 3.17. The number of amides is 2. The number of nitrogens with one attached hydrogen (secondary N) is 2. The molecule has 0 saturated heterocycles. The van der Waals surface area contributed by atoms with Gasteiger partial charge in [-0.3, -0.25) is 20.4 Å². The molecule has 0 aromatic heterocycles. The van der Waals surface area contributed by atoms with E-state index in [0.29, 0.717) is 42.6 Å². The Bertz CT molecular complexity index is 599. The van der Waals surface area contributed by atoms with Gasteiger partial charge in [-0.25, -0.2) is 0 Å². The molecule has 0 atom stereocenters. The average molecular weight is 364 g/mol. The van der Waals surface area contributed by atoms with Crippen LogP contribution in [0.15, 0.2) is 12.1 Å². The maximum absolute atomic E-state index is 12.5. The SMILES string of the molecule is CCOc1cc(C(=O)NNC(=O)C2CCCC2)cc(OCC)c1OCC. The fourth-order valence-corrected chi connectivity index (χ4v) is 3.00. The first-order valence-electron chi connectivity index (χ1n) is 9.27. The van der Waals surface area contributed by atoms with E-state index in [-0.39, 0.29) is 11.8 Å². The topological polar surface area (TPSA) is 85.9 Å². The van der Waals surface area contributed by atoms with Crippen molar-refractivity contribution in [3.05, 3.63) is 17.7 Å². The number of hydrogen-bond acceptors (Lipinski definition) is 5. The third-order valence-electron chi connectivity index (χ3n) is 4.20. The second-order valence-electron chi connectivity index (χ2n) is 6.03. The van der Waals surface area contributed by atoms with Crippen molar-refractivity contribution in [1.29, 1.82) is 0 Å². The van der Waals surface area contributed by atoms with E-state index in [9.17, 15) is 9.59 Å². The van der Waals surface area contributed by atoms with Gasteiger partial charge in [-0.2, -0.15) is 0 Å². The summed E-state index contributed by atoms with van der Waals surface area (Å²) >= 11 is 0. The number of carbonyl (C=O) groups is 2. The monoisotopic (exact) mass is 364 g/mol. The van der Waals surface area contributed by atoms with Crippen molar-refractivity contribution in [3.63, 3.8) is 0 Å². The molecule has 1 aromatic carbocycles. The Hall–Kier alpha value is -2.44. The Kier molecular flexibility index (Phi) is 7.56. The fraction of sp³-hybridized carbons (Fsp3) is 0.579. The molecular weight excluding hydrogens is 336 g/mol. The Labute approximate surface area is 154 Å². The summed E-state index contributed by atoms with van der Waals surface area (Å²) in [6, 6.07) is 3.18. The molecule has 0 aliphatic heterocycles. The molecule has 1 aromatic rings. The molecule has 0 bridgehead atoms. The van der Waals surface area contributed by atoms with Crippen molar-refractivity contribution in [2.45, 2.75) is 46.5 Å². The Morgan fingerprint density at radius 1 is 0.923 bits per heavy atom. The molecule has 0 radical (unpaired) electrons. The highest BCUT2D eigenvalue weighted by Gasteiger charge is 2.23. The van der Waals surface area contributed by atoms with Crippen LogP contribution >= 0.6 is 0 Å². The molecule has 2 rings (SSSR count). The van der Waals surface area contributed by atoms with E-state index >= 15 is 0 Å². The van der Waals surface area contributed by atoms with Gasteiger partial charge >= 0.3 is 0 Å². The smallest absolute Gasteiger partial charge is 0.269 e. The van der Waals surface area contributed by atoms with Crippen molar-refractivity contribution in [2.24, 2.45) is 5.92 Å². The molecule has 1 aliphatic rings. The molecule has 2 amide bonds. The van der Waals surface area contributed by atoms with Gasteiger partial charge in [0.15, 0.2) is 11.5 Å². The maximum atomic E-state index is 12.5. The van der Waals surface area contributed by atoms with E-state index in [1.807, 2.05) is 20.8 Å². The fourth-order valence-electron chi connectivity index (χ4n) is 3.00. The van der Waals surface area contributed by atoms with Crippen LogP contribution in [0.1, 0.15) is 56.8 Å². The first kappa shape index (κ1) is 19.9. The van der Waals surface area contributed by atoms with E-state index in [4.69, 9.17) is 14.2 Å². The third-order valence-corrected chi connectivity index (χ3v) is 4.20. The van der Waals surface area contributed by atoms with Crippen molar-refractivity contribution in [2.75, 3.05) is 19.8 Å². The molecule has 2 N–H and O–H groups in total. The van der Waals surface area contributed by atoms with Crippen molar-refractivity contribution < 1.29 is 23.8 Å². The molecule has 0 spiro atoms. The largest absolute Gasteiger partial charge is 0.490 e. The highest BCUT2D eigenvalue weighted by Crippen LogP contribution is 2.39. The molecule has 0 unspecified atom stereocenters. The zero-order valence-corrected chi connectivity index (χ0v) is 15.7. The summed E-state index contributed by atoms with van der Waals surface area (Å²) in [5.41, 5.74) is 5.32. The Morgan fingerprint density at radius 3 is 1.96 bits per heavy atom. The van der Waals surface area contributed by atoms with E-state index in [1.165, 1.54) is 0 Å². The standard InChI is InChI=1S/C19H28N2O5/c1-4-24-15-11-14(12-16(25-5-2)17(15)26-6-3)19(23)21-20-18(22)13-9-7-8-10-13/h11-13H,4-10H2,1-3H3,(H,20,22)(H,21,23). The Morgan fingerprint density at radius 2 is 1.46 bits per heavy atom. The minimum atomic E-state index is -0.429. The third kappa shape index (κ3) is 5.03. The lowest BCUT2D eigenvalue weighted by molar-refractivity contribution is -0.125. The van der Waals surface area contributed by atoms with Crippen LogP contribution in [0.5, 0.6) is 17.2 Å². The number of benzene rings is 1. The van der Waals surface area contributed by atoms with E-state index in [0.717, 1.165) is 25.7 Å². The van der Waals surface area contributed by atoms with Crippen LogP contribution in [0, 0.1) is 5.92 Å². The first-order chi connectivity index (χ1) is 12.6. The van der Waals surface area contributed by atoms with E-state index in [2.05, 4.69) is 10.9 Å². The van der Waals surface area contributed by atoms with E-state index < -0.39 is 5.91 Å². The van der Waals surface area contributed by atoms with Crippen molar-refractivity contribution in [1.82, 2.24) is 10.9 Å². The summed E-state index contributed by atoms with van der Waals surface area (Å²) in [6.07, 6.45) is 3.85. The van der Waals surface area contributed by atoms with Gasteiger partial charge in [0.25, 0.3) is 5.91 Å². The van der Waals surface area contributed by atoms with Crippen LogP contribution in [0.4, 0.5) is 0 Å². The van der Waals surface area contributed by atoms with Gasteiger partial charge < -0.3 is 14.2 Å². The minimum Gasteiger partial charge on any atom is -0.490 e. The zero-order chi connectivity index (χ0) is 18.9. The molecule has 144 valence electrons. The van der Waals surface area contributed by atoms with Crippen molar-refractivity contribution >= 4 is 11.8 Å². The van der Waals surface area contributed by atoms with Crippen molar-refractivity contribution in [3.8, 4) is 17.2 Å². The number of ether oxygens (including phenoxy) is 3. The maximum Gasteiger partial charge on any atom is 0.269 e. The molecule has 1 aliphatic carbocycles. The van der Waals surface area contributed by atoms with Gasteiger partial charge in [-0.15, -0.1) is 0 Å². The molecule has 7 heteroatoms. The van der Waals surface area contributed by atoms with Gasteiger partial charge in [0.05, 0.1) is 19.8 Å². The lowest BCUT2D eigenvalue weighted by Crippen LogP contribution is -2.44. The van der Waals surface area contributed by atoms with Gasteiger partial charge in [0.1, 0.15) is 0 Å². The Balaban J connectivity index is 2.15. The summed E-state index contributed by atoms with van der Waals surface area (Å²) in [5, 5.41) is 0. The molecule has 7 nitrogen and oxygen atoms in total. The number of hydrogen-bond donors (Lipinski definition) is 2. The van der Waals surface area contributed by atoms with Gasteiger partial charge in [0.2, 0.25) is 11.7 Å². The summed E-state index contributed by atoms with van der Waals surface area (Å²) < 4.78 is 16.8. The predicted molar refractivity (Wildman–Crippen MR) is 97.5 cm³/mol. The molecule has 1 fully saturated rings. The predicted octanol–water partition coefficient (Wildman–Crippen LogP) is 2.83. The zero-order valence-electron chi connectivity index (χ0n) is 15.7. The van der Waals surface area contributed by atoms with Crippen LogP contribution in [0.3, 0.4) is 0 Å². The lowest BCUT2D eigenvalue weighted by atomic mass is 10.1. The van der Waals surface area contributed by atoms with Gasteiger partial charge in [-0.1, -0.05) is 12.8 Å². The van der Waals surface area contributed by atoms with Gasteiger partial charge in [-0.05, 0) is 45.7 Å². The van der Waals surface area contributed by atoms with Crippen LogP contribution in [0.25, 0.3) is 0 Å². The summed E-state index contributed by atoms with van der Waals surface area (Å²) in [4.78, 5) is 24.5. The second-order valence-corrected chi connectivity index (χ2v) is 6.03. The highest BCUT2D eigenvalue weighted by molar-refractivity contribution is 5.96. The van der Waals surface area contributed by atoms with Crippen LogP contribution in [-0.2, 0) is 4.79 Å². The summed E-state index contributed by atoms with van der Waals surface area (Å²) in [5.74, 6) is 0.759. The summed E-state index contributed by atoms with van der Waals surface area (Å²) in [6.45, 7) is 6.87. The quantitative estimate of drug-likeness (QED) is 0.693. The highest BCUT2D eigenvalue weighted by atomic mass is 16.5. The summed E-state index contributed by atoms with van der Waals surface area (Å²) in [7, 11) is 0. The second kappa shape index (κ2) is 9.89. The number of hydrazine groups is 1. The lowest BCUT2D eigenvalue weighted by Gasteiger charge is -2.17. The van der Waals surface area contributed by atoms with Crippen LogP contribution in [0.2, 0.25) is 0 Å². The molecule has 26 heavy (non-hydrogen) atoms. The minimum absolute atomic E-state index is 0.0198.